The van der Waals surface area contributed by atoms with Crippen LogP contribution in [0.15, 0.2) is 30.3 Å². The number of nitro groups is 1. The maximum Gasteiger partial charge on any atom is 0.270 e. The number of hydrogen-bond donors (Lipinski definition) is 2. The lowest BCUT2D eigenvalue weighted by Gasteiger charge is -2.19. The van der Waals surface area contributed by atoms with Gasteiger partial charge in [0.05, 0.1) is 10.3 Å². The van der Waals surface area contributed by atoms with E-state index in [1.54, 1.807) is 19.9 Å². The van der Waals surface area contributed by atoms with Crippen molar-refractivity contribution >= 4 is 23.6 Å². The molecule has 0 unspecified atom stereocenters. The number of non-ortho nitro benzene ring substituents is 1. The minimum Gasteiger partial charge on any atom is -0.369 e. The molecule has 112 valence electrons. The number of nitrogens with two attached hydrogens (primary N) is 1. The van der Waals surface area contributed by atoms with E-state index in [4.69, 9.17) is 5.73 Å². The van der Waals surface area contributed by atoms with Crippen LogP contribution in [0, 0.1) is 15.5 Å². The van der Waals surface area contributed by atoms with Crippen LogP contribution in [0.4, 0.5) is 5.69 Å². The molecule has 0 aliphatic carbocycles. The Balaban J connectivity index is 2.64. The van der Waals surface area contributed by atoms with Gasteiger partial charge in [-0.2, -0.15) is 0 Å². The molecule has 0 aliphatic heterocycles. The first-order valence-electron chi connectivity index (χ1n) is 6.22. The first-order valence-corrected chi connectivity index (χ1v) is 6.22. The number of amides is 2. The molecule has 0 saturated heterocycles. The summed E-state index contributed by atoms with van der Waals surface area (Å²) in [5.41, 5.74) is 4.84. The second-order valence-corrected chi connectivity index (χ2v) is 5.15. The molecule has 1 rings (SSSR count). The zero-order chi connectivity index (χ0) is 16.0. The van der Waals surface area contributed by atoms with Crippen LogP contribution >= 0.6 is 0 Å². The van der Waals surface area contributed by atoms with Gasteiger partial charge in [-0.1, -0.05) is 12.1 Å². The number of nitrogens with zero attached hydrogens (tertiary/aromatic N) is 1. The van der Waals surface area contributed by atoms with Crippen LogP contribution in [-0.4, -0.2) is 23.3 Å². The minimum absolute atomic E-state index is 0.0487. The summed E-state index contributed by atoms with van der Waals surface area (Å²) in [6.07, 6.45) is 2.70. The largest absolute Gasteiger partial charge is 0.369 e. The predicted molar refractivity (Wildman–Crippen MR) is 78.1 cm³/mol. The average molecular weight is 291 g/mol. The second-order valence-electron chi connectivity index (χ2n) is 5.15. The Morgan fingerprint density at radius 3 is 2.67 bits per heavy atom. The molecule has 0 radical (unpaired) electrons. The normalized spacial score (nSPS) is 11.3. The summed E-state index contributed by atoms with van der Waals surface area (Å²) in [6, 6.07) is 5.90. The molecule has 7 heteroatoms. The van der Waals surface area contributed by atoms with Crippen LogP contribution in [-0.2, 0) is 9.59 Å². The van der Waals surface area contributed by atoms with Gasteiger partial charge < -0.3 is 11.1 Å². The first-order chi connectivity index (χ1) is 9.72. The van der Waals surface area contributed by atoms with Gasteiger partial charge in [0.25, 0.3) is 5.69 Å². The van der Waals surface area contributed by atoms with Crippen molar-refractivity contribution in [3.63, 3.8) is 0 Å². The number of benzene rings is 1. The van der Waals surface area contributed by atoms with Crippen LogP contribution in [0.3, 0.4) is 0 Å². The van der Waals surface area contributed by atoms with E-state index in [-0.39, 0.29) is 12.2 Å². The lowest BCUT2D eigenvalue weighted by molar-refractivity contribution is -0.384. The van der Waals surface area contributed by atoms with Crippen molar-refractivity contribution < 1.29 is 14.5 Å². The third-order valence-corrected chi connectivity index (χ3v) is 2.88. The van der Waals surface area contributed by atoms with Gasteiger partial charge in [-0.05, 0) is 25.5 Å². The molecule has 0 atom stereocenters. The summed E-state index contributed by atoms with van der Waals surface area (Å²) < 4.78 is 0. The van der Waals surface area contributed by atoms with Crippen LogP contribution < -0.4 is 11.1 Å². The first kappa shape index (κ1) is 16.4. The highest BCUT2D eigenvalue weighted by Gasteiger charge is 2.24. The third-order valence-electron chi connectivity index (χ3n) is 2.88. The van der Waals surface area contributed by atoms with Crippen molar-refractivity contribution in [2.24, 2.45) is 11.1 Å². The van der Waals surface area contributed by atoms with Gasteiger partial charge in [-0.25, -0.2) is 0 Å². The number of nitro benzene ring substituents is 1. The van der Waals surface area contributed by atoms with Crippen molar-refractivity contribution in [1.29, 1.82) is 0 Å². The molecule has 0 bridgehead atoms. The Labute approximate surface area is 122 Å². The average Bonchev–Trinajstić information content (AvgIpc) is 2.43. The number of hydrogen-bond acceptors (Lipinski definition) is 4. The van der Waals surface area contributed by atoms with Crippen molar-refractivity contribution in [2.75, 3.05) is 6.54 Å². The molecule has 0 fully saturated rings. The molecule has 0 aliphatic rings. The standard InChI is InChI=1S/C14H17N3O4/c1-14(2,13(15)19)9-16-12(18)7-6-10-4-3-5-11(8-10)17(20)21/h3-8H,9H2,1-2H3,(H2,15,19)(H,16,18). The van der Waals surface area contributed by atoms with E-state index in [0.717, 1.165) is 0 Å². The molecular weight excluding hydrogens is 274 g/mol. The number of carbonyl (C=O) groups excluding carboxylic acids is 2. The van der Waals surface area contributed by atoms with Crippen molar-refractivity contribution in [2.45, 2.75) is 13.8 Å². The van der Waals surface area contributed by atoms with Gasteiger partial charge in [-0.15, -0.1) is 0 Å². The van der Waals surface area contributed by atoms with Crippen molar-refractivity contribution in [3.05, 3.63) is 46.0 Å². The number of carbonyl (C=O) groups is 2. The molecule has 0 aromatic heterocycles. The highest BCUT2D eigenvalue weighted by Crippen LogP contribution is 2.14. The maximum atomic E-state index is 11.6. The highest BCUT2D eigenvalue weighted by molar-refractivity contribution is 5.92. The van der Waals surface area contributed by atoms with Gasteiger partial charge >= 0.3 is 0 Å². The van der Waals surface area contributed by atoms with Gasteiger partial charge in [0.1, 0.15) is 0 Å². The molecule has 2 amide bonds. The summed E-state index contributed by atoms with van der Waals surface area (Å²) in [4.78, 5) is 32.8. The maximum absolute atomic E-state index is 11.6. The van der Waals surface area contributed by atoms with Crippen molar-refractivity contribution in [3.8, 4) is 0 Å². The molecule has 7 nitrogen and oxygen atoms in total. The fraction of sp³-hybridized carbons (Fsp3) is 0.286. The zero-order valence-electron chi connectivity index (χ0n) is 11.8. The topological polar surface area (TPSA) is 115 Å². The summed E-state index contributed by atoms with van der Waals surface area (Å²) >= 11 is 0. The molecular formula is C14H17N3O4. The summed E-state index contributed by atoms with van der Waals surface area (Å²) in [6.45, 7) is 3.36. The second kappa shape index (κ2) is 6.65. The molecule has 3 N–H and O–H groups in total. The van der Waals surface area contributed by atoms with Crippen LogP contribution in [0.2, 0.25) is 0 Å². The van der Waals surface area contributed by atoms with Gasteiger partial charge in [0.2, 0.25) is 11.8 Å². The van der Waals surface area contributed by atoms with E-state index in [1.807, 2.05) is 0 Å². The summed E-state index contributed by atoms with van der Waals surface area (Å²) in [7, 11) is 0. The minimum atomic E-state index is -0.838. The highest BCUT2D eigenvalue weighted by atomic mass is 16.6. The van der Waals surface area contributed by atoms with Gasteiger partial charge in [0.15, 0.2) is 0 Å². The molecule has 21 heavy (non-hydrogen) atoms. The molecule has 1 aromatic carbocycles. The molecule has 0 heterocycles. The van der Waals surface area contributed by atoms with E-state index < -0.39 is 22.2 Å². The Hall–Kier alpha value is -2.70. The van der Waals surface area contributed by atoms with Crippen molar-refractivity contribution in [1.82, 2.24) is 5.32 Å². The lowest BCUT2D eigenvalue weighted by atomic mass is 9.93. The van der Waals surface area contributed by atoms with Crippen LogP contribution in [0.5, 0.6) is 0 Å². The molecule has 0 saturated carbocycles. The third kappa shape index (κ3) is 5.06. The van der Waals surface area contributed by atoms with E-state index in [2.05, 4.69) is 5.32 Å². The Morgan fingerprint density at radius 2 is 2.10 bits per heavy atom. The fourth-order valence-corrected chi connectivity index (χ4v) is 1.37. The number of primary amides is 1. The smallest absolute Gasteiger partial charge is 0.270 e. The van der Waals surface area contributed by atoms with Crippen LogP contribution in [0.25, 0.3) is 6.08 Å². The van der Waals surface area contributed by atoms with Gasteiger partial charge in [0, 0.05) is 24.8 Å². The lowest BCUT2D eigenvalue weighted by Crippen LogP contribution is -2.41. The Kier molecular flexibility index (Phi) is 5.18. The Bertz CT molecular complexity index is 594. The number of rotatable bonds is 6. The van der Waals surface area contributed by atoms with Crippen LogP contribution in [0.1, 0.15) is 19.4 Å². The van der Waals surface area contributed by atoms with Gasteiger partial charge in [-0.3, -0.25) is 19.7 Å². The quantitative estimate of drug-likeness (QED) is 0.466. The van der Waals surface area contributed by atoms with E-state index in [9.17, 15) is 19.7 Å². The van der Waals surface area contributed by atoms with E-state index >= 15 is 0 Å². The SMILES string of the molecule is CC(C)(CNC(=O)C=Cc1cccc([N+](=O)[O-])c1)C(N)=O. The Morgan fingerprint density at radius 1 is 1.43 bits per heavy atom. The molecule has 0 spiro atoms. The fourth-order valence-electron chi connectivity index (χ4n) is 1.37. The monoisotopic (exact) mass is 291 g/mol. The van der Waals surface area contributed by atoms with E-state index in [1.165, 1.54) is 30.4 Å². The summed E-state index contributed by atoms with van der Waals surface area (Å²) in [5, 5.41) is 13.2. The summed E-state index contributed by atoms with van der Waals surface area (Å²) in [5.74, 6) is -0.915. The molecule has 1 aromatic rings. The van der Waals surface area contributed by atoms with E-state index in [0.29, 0.717) is 5.56 Å². The predicted octanol–water partition coefficient (Wildman–Crippen LogP) is 1.24. The zero-order valence-corrected chi connectivity index (χ0v) is 11.8. The number of nitrogens with one attached hydrogen (secondary N) is 1.